The zero-order chi connectivity index (χ0) is 24.9. The van der Waals surface area contributed by atoms with Crippen LogP contribution in [0.3, 0.4) is 0 Å². The van der Waals surface area contributed by atoms with Gasteiger partial charge in [-0.1, -0.05) is 36.4 Å². The summed E-state index contributed by atoms with van der Waals surface area (Å²) in [5, 5.41) is 10.2. The number of nitrogens with zero attached hydrogens (tertiary/aromatic N) is 2. The number of imide groups is 1. The summed E-state index contributed by atoms with van der Waals surface area (Å²) in [6.45, 7) is -0.0454. The largest absolute Gasteiger partial charge is 0.488 e. The van der Waals surface area contributed by atoms with Gasteiger partial charge in [0.2, 0.25) is 0 Å². The van der Waals surface area contributed by atoms with Crippen molar-refractivity contribution >= 4 is 56.4 Å². The quantitative estimate of drug-likeness (QED) is 0.149. The molecule has 1 heterocycles. The molecule has 0 aliphatic carbocycles. The van der Waals surface area contributed by atoms with Crippen LogP contribution in [0.2, 0.25) is 0 Å². The molecule has 2 amide bonds. The first-order valence-electron chi connectivity index (χ1n) is 10.3. The van der Waals surface area contributed by atoms with E-state index in [1.165, 1.54) is 24.3 Å². The van der Waals surface area contributed by atoms with Gasteiger partial charge in [-0.2, -0.15) is 0 Å². The predicted molar refractivity (Wildman–Crippen MR) is 135 cm³/mol. The van der Waals surface area contributed by atoms with Crippen LogP contribution in [-0.4, -0.2) is 33.3 Å². The van der Waals surface area contributed by atoms with E-state index in [0.29, 0.717) is 22.4 Å². The molecular formula is C25H17BrN2O6S. The highest BCUT2D eigenvalue weighted by Crippen LogP contribution is 2.34. The lowest BCUT2D eigenvalue weighted by Crippen LogP contribution is -2.33. The molecule has 3 aromatic carbocycles. The number of carbonyl (C=O) groups excluding carboxylic acids is 3. The van der Waals surface area contributed by atoms with E-state index in [1.807, 2.05) is 30.3 Å². The number of ketones is 1. The second kappa shape index (κ2) is 10.7. The Kier molecular flexibility index (Phi) is 7.42. The summed E-state index contributed by atoms with van der Waals surface area (Å²) in [5.74, 6) is -0.435. The van der Waals surface area contributed by atoms with Crippen molar-refractivity contribution in [2.24, 2.45) is 0 Å². The molecule has 0 aromatic heterocycles. The van der Waals surface area contributed by atoms with Gasteiger partial charge in [-0.25, -0.2) is 0 Å². The Labute approximate surface area is 212 Å². The Morgan fingerprint density at radius 1 is 1.06 bits per heavy atom. The SMILES string of the molecule is O=C(CN1C(=O)S/C(=C/c2ccc(OCc3ccccc3)c(Br)c2)C1=O)c1ccc([N+](=O)[O-])cc1. The fourth-order valence-corrected chi connectivity index (χ4v) is 4.60. The number of hydrogen-bond acceptors (Lipinski definition) is 7. The number of benzene rings is 3. The van der Waals surface area contributed by atoms with Gasteiger partial charge in [0.05, 0.1) is 20.8 Å². The molecule has 1 saturated heterocycles. The highest BCUT2D eigenvalue weighted by Gasteiger charge is 2.36. The predicted octanol–water partition coefficient (Wildman–Crippen LogP) is 5.86. The molecule has 0 spiro atoms. The van der Waals surface area contributed by atoms with Crippen LogP contribution in [0.4, 0.5) is 10.5 Å². The molecule has 0 radical (unpaired) electrons. The lowest BCUT2D eigenvalue weighted by molar-refractivity contribution is -0.384. The van der Waals surface area contributed by atoms with Gasteiger partial charge < -0.3 is 4.74 Å². The maximum absolute atomic E-state index is 12.8. The normalized spacial score (nSPS) is 14.4. The number of amides is 2. The zero-order valence-electron chi connectivity index (χ0n) is 18.0. The fourth-order valence-electron chi connectivity index (χ4n) is 3.25. The van der Waals surface area contributed by atoms with Crippen molar-refractivity contribution in [1.29, 1.82) is 0 Å². The van der Waals surface area contributed by atoms with E-state index in [-0.39, 0.29) is 16.2 Å². The summed E-state index contributed by atoms with van der Waals surface area (Å²) >= 11 is 4.22. The summed E-state index contributed by atoms with van der Waals surface area (Å²) in [5.41, 5.74) is 1.73. The van der Waals surface area contributed by atoms with E-state index in [2.05, 4.69) is 15.9 Å². The molecule has 1 fully saturated rings. The van der Waals surface area contributed by atoms with Crippen molar-refractivity contribution in [2.75, 3.05) is 6.54 Å². The Morgan fingerprint density at radius 3 is 2.43 bits per heavy atom. The summed E-state index contributed by atoms with van der Waals surface area (Å²) in [7, 11) is 0. The van der Waals surface area contributed by atoms with Gasteiger partial charge >= 0.3 is 0 Å². The minimum atomic E-state index is -0.574. The summed E-state index contributed by atoms with van der Waals surface area (Å²) in [4.78, 5) is 48.9. The average Bonchev–Trinajstić information content (AvgIpc) is 3.11. The Balaban J connectivity index is 1.42. The van der Waals surface area contributed by atoms with E-state index in [9.17, 15) is 24.5 Å². The molecule has 1 aliphatic heterocycles. The van der Waals surface area contributed by atoms with Crippen LogP contribution in [0.15, 0.2) is 82.2 Å². The van der Waals surface area contributed by atoms with Gasteiger partial charge in [-0.15, -0.1) is 0 Å². The van der Waals surface area contributed by atoms with Gasteiger partial charge in [0.1, 0.15) is 12.4 Å². The highest BCUT2D eigenvalue weighted by atomic mass is 79.9. The number of non-ortho nitro benzene ring substituents is 1. The van der Waals surface area contributed by atoms with Crippen LogP contribution in [0.5, 0.6) is 5.75 Å². The van der Waals surface area contributed by atoms with Crippen molar-refractivity contribution in [3.05, 3.63) is 109 Å². The average molecular weight is 553 g/mol. The third-order valence-corrected chi connectivity index (χ3v) is 6.59. The van der Waals surface area contributed by atoms with E-state index in [0.717, 1.165) is 22.2 Å². The number of rotatable bonds is 8. The van der Waals surface area contributed by atoms with Crippen molar-refractivity contribution in [2.45, 2.75) is 6.61 Å². The molecule has 35 heavy (non-hydrogen) atoms. The van der Waals surface area contributed by atoms with Gasteiger partial charge in [0.25, 0.3) is 16.8 Å². The van der Waals surface area contributed by atoms with Crippen molar-refractivity contribution in [1.82, 2.24) is 4.90 Å². The van der Waals surface area contributed by atoms with Crippen LogP contribution in [0.25, 0.3) is 6.08 Å². The van der Waals surface area contributed by atoms with Crippen molar-refractivity contribution in [3.8, 4) is 5.75 Å². The summed E-state index contributed by atoms with van der Waals surface area (Å²) in [6, 6.07) is 20.0. The Hall–Kier alpha value is -3.76. The number of thioether (sulfide) groups is 1. The smallest absolute Gasteiger partial charge is 0.293 e. The van der Waals surface area contributed by atoms with Crippen LogP contribution in [0, 0.1) is 10.1 Å². The highest BCUT2D eigenvalue weighted by molar-refractivity contribution is 9.10. The van der Waals surface area contributed by atoms with Crippen LogP contribution in [-0.2, 0) is 11.4 Å². The van der Waals surface area contributed by atoms with Crippen molar-refractivity contribution in [3.63, 3.8) is 0 Å². The second-order valence-corrected chi connectivity index (χ2v) is 9.31. The number of nitro benzene ring substituents is 1. The summed E-state index contributed by atoms with van der Waals surface area (Å²) < 4.78 is 6.52. The number of nitro groups is 1. The molecule has 3 aromatic rings. The van der Waals surface area contributed by atoms with Crippen LogP contribution in [0.1, 0.15) is 21.5 Å². The number of ether oxygens (including phenoxy) is 1. The van der Waals surface area contributed by atoms with E-state index >= 15 is 0 Å². The minimum Gasteiger partial charge on any atom is -0.488 e. The third kappa shape index (κ3) is 5.84. The van der Waals surface area contributed by atoms with E-state index in [1.54, 1.807) is 24.3 Å². The zero-order valence-corrected chi connectivity index (χ0v) is 20.5. The fraction of sp³-hybridized carbons (Fsp3) is 0.0800. The van der Waals surface area contributed by atoms with Crippen LogP contribution < -0.4 is 4.74 Å². The number of hydrogen-bond donors (Lipinski definition) is 0. The molecule has 1 aliphatic rings. The molecule has 176 valence electrons. The monoisotopic (exact) mass is 552 g/mol. The van der Waals surface area contributed by atoms with Crippen LogP contribution >= 0.6 is 27.7 Å². The lowest BCUT2D eigenvalue weighted by atomic mass is 10.1. The Morgan fingerprint density at radius 2 is 1.77 bits per heavy atom. The van der Waals surface area contributed by atoms with Gasteiger partial charge in [0.15, 0.2) is 5.78 Å². The van der Waals surface area contributed by atoms with Gasteiger partial charge in [-0.05, 0) is 69.2 Å². The standard InChI is InChI=1S/C25H17BrN2O6S/c26-20-12-17(6-11-22(20)34-15-16-4-2-1-3-5-16)13-23-24(30)27(25(31)35-23)14-21(29)18-7-9-19(10-8-18)28(32)33/h1-13H,14-15H2/b23-13+. The maximum atomic E-state index is 12.8. The number of Topliss-reactive ketones (excluding diaryl/α,β-unsaturated/α-hetero) is 1. The molecule has 8 nitrogen and oxygen atoms in total. The maximum Gasteiger partial charge on any atom is 0.293 e. The molecule has 0 unspecified atom stereocenters. The molecule has 0 saturated carbocycles. The first kappa shape index (κ1) is 24.4. The van der Waals surface area contributed by atoms with E-state index < -0.39 is 28.4 Å². The summed E-state index contributed by atoms with van der Waals surface area (Å²) in [6.07, 6.45) is 1.58. The first-order valence-corrected chi connectivity index (χ1v) is 11.9. The third-order valence-electron chi connectivity index (χ3n) is 5.07. The first-order chi connectivity index (χ1) is 16.8. The number of carbonyl (C=O) groups is 3. The molecule has 10 heteroatoms. The molecule has 0 atom stereocenters. The Bertz CT molecular complexity index is 1340. The lowest BCUT2D eigenvalue weighted by Gasteiger charge is -2.11. The topological polar surface area (TPSA) is 107 Å². The molecular weight excluding hydrogens is 536 g/mol. The number of halogens is 1. The second-order valence-electron chi connectivity index (χ2n) is 7.46. The minimum absolute atomic E-state index is 0.154. The van der Waals surface area contributed by atoms with Gasteiger partial charge in [-0.3, -0.25) is 29.4 Å². The molecule has 4 rings (SSSR count). The molecule has 0 bridgehead atoms. The van der Waals surface area contributed by atoms with Crippen molar-refractivity contribution < 1.29 is 24.0 Å². The van der Waals surface area contributed by atoms with E-state index in [4.69, 9.17) is 4.74 Å². The molecule has 0 N–H and O–H groups in total. The van der Waals surface area contributed by atoms with Gasteiger partial charge in [0, 0.05) is 17.7 Å².